The van der Waals surface area contributed by atoms with Gasteiger partial charge in [-0.25, -0.2) is 0 Å². The molecular weight excluding hydrogens is 244 g/mol. The topological polar surface area (TPSA) is 29.3 Å². The normalized spacial score (nSPS) is 10.1. The summed E-state index contributed by atoms with van der Waals surface area (Å²) in [6, 6.07) is 8.05. The third-order valence-corrected chi connectivity index (χ3v) is 2.55. The summed E-state index contributed by atoms with van der Waals surface area (Å²) in [6.45, 7) is 0. The van der Waals surface area contributed by atoms with Gasteiger partial charge in [0.25, 0.3) is 0 Å². The lowest BCUT2D eigenvalue weighted by Gasteiger charge is -2.15. The zero-order chi connectivity index (χ0) is 9.97. The van der Waals surface area contributed by atoms with Gasteiger partial charge >= 0.3 is 0 Å². The lowest BCUT2D eigenvalue weighted by molar-refractivity contribution is 0.420. The molecule has 4 heteroatoms. The molecule has 14 heavy (non-hydrogen) atoms. The number of aromatic nitrogens is 1. The van der Waals surface area contributed by atoms with Crippen molar-refractivity contribution >= 4 is 27.3 Å². The molecule has 1 heterocycles. The van der Waals surface area contributed by atoms with Gasteiger partial charge in [0.2, 0.25) is 0 Å². The largest absolute Gasteiger partial charge is 0.363 e. The molecule has 0 spiro atoms. The summed E-state index contributed by atoms with van der Waals surface area (Å²) in [6.07, 6.45) is 3.30. The van der Waals surface area contributed by atoms with Crippen molar-refractivity contribution in [2.24, 2.45) is 0 Å². The minimum absolute atomic E-state index is 0.937. The van der Waals surface area contributed by atoms with E-state index in [1.165, 1.54) is 0 Å². The van der Waals surface area contributed by atoms with Crippen LogP contribution in [0.1, 0.15) is 0 Å². The highest BCUT2D eigenvalue weighted by atomic mass is 79.9. The van der Waals surface area contributed by atoms with Crippen LogP contribution in [0.3, 0.4) is 0 Å². The van der Waals surface area contributed by atoms with Gasteiger partial charge in [-0.05, 0) is 24.3 Å². The summed E-state index contributed by atoms with van der Waals surface area (Å²) in [5.41, 5.74) is 2.03. The first kappa shape index (κ1) is 9.27. The van der Waals surface area contributed by atoms with Crippen molar-refractivity contribution < 1.29 is 4.52 Å². The molecule has 0 aliphatic heterocycles. The lowest BCUT2D eigenvalue weighted by Crippen LogP contribution is -2.07. The molecule has 0 bridgehead atoms. The fourth-order valence-electron chi connectivity index (χ4n) is 1.18. The average molecular weight is 253 g/mol. The van der Waals surface area contributed by atoms with E-state index in [1.807, 2.05) is 36.2 Å². The quantitative estimate of drug-likeness (QED) is 0.822. The van der Waals surface area contributed by atoms with Crippen molar-refractivity contribution in [1.82, 2.24) is 5.16 Å². The maximum absolute atomic E-state index is 4.78. The second-order valence-electron chi connectivity index (χ2n) is 2.92. The third-order valence-electron chi connectivity index (χ3n) is 2.02. The summed E-state index contributed by atoms with van der Waals surface area (Å²) >= 11 is 3.39. The molecule has 0 radical (unpaired) electrons. The van der Waals surface area contributed by atoms with Crippen LogP contribution < -0.4 is 4.90 Å². The highest BCUT2D eigenvalue weighted by Crippen LogP contribution is 2.24. The molecule has 0 atom stereocenters. The SMILES string of the molecule is CN(c1ccc(Br)cc1)c1cnoc1. The molecule has 0 unspecified atom stereocenters. The highest BCUT2D eigenvalue weighted by molar-refractivity contribution is 9.10. The van der Waals surface area contributed by atoms with Gasteiger partial charge in [-0.3, -0.25) is 0 Å². The Kier molecular flexibility index (Phi) is 2.54. The van der Waals surface area contributed by atoms with Gasteiger partial charge in [0, 0.05) is 17.2 Å². The molecule has 0 saturated carbocycles. The first-order valence-corrected chi connectivity index (χ1v) is 4.95. The third kappa shape index (κ3) is 1.80. The Hall–Kier alpha value is -1.29. The molecule has 0 N–H and O–H groups in total. The second-order valence-corrected chi connectivity index (χ2v) is 3.83. The Morgan fingerprint density at radius 3 is 2.50 bits per heavy atom. The van der Waals surface area contributed by atoms with E-state index < -0.39 is 0 Å². The van der Waals surface area contributed by atoms with E-state index in [1.54, 1.807) is 12.5 Å². The first-order valence-electron chi connectivity index (χ1n) is 4.16. The zero-order valence-corrected chi connectivity index (χ0v) is 9.23. The molecule has 1 aromatic heterocycles. The standard InChI is InChI=1S/C10H9BrN2O/c1-13(10-6-12-14-7-10)9-4-2-8(11)3-5-9/h2-7H,1H3. The van der Waals surface area contributed by atoms with Crippen LogP contribution in [0.15, 0.2) is 45.7 Å². The molecule has 2 rings (SSSR count). The molecule has 0 aliphatic rings. The number of benzene rings is 1. The monoisotopic (exact) mass is 252 g/mol. The van der Waals surface area contributed by atoms with Crippen LogP contribution in [-0.4, -0.2) is 12.2 Å². The van der Waals surface area contributed by atoms with E-state index in [4.69, 9.17) is 4.52 Å². The minimum atomic E-state index is 0.937. The minimum Gasteiger partial charge on any atom is -0.363 e. The molecule has 3 nitrogen and oxygen atoms in total. The summed E-state index contributed by atoms with van der Waals surface area (Å²) in [7, 11) is 1.97. The molecule has 0 amide bonds. The van der Waals surface area contributed by atoms with Crippen molar-refractivity contribution in [2.45, 2.75) is 0 Å². The van der Waals surface area contributed by atoms with E-state index >= 15 is 0 Å². The number of anilines is 2. The van der Waals surface area contributed by atoms with Gasteiger partial charge in [0.15, 0.2) is 0 Å². The summed E-state index contributed by atoms with van der Waals surface area (Å²) < 4.78 is 5.85. The Labute approximate surface area is 90.4 Å². The summed E-state index contributed by atoms with van der Waals surface area (Å²) in [4.78, 5) is 2.00. The van der Waals surface area contributed by atoms with Crippen LogP contribution in [0.4, 0.5) is 11.4 Å². The van der Waals surface area contributed by atoms with Gasteiger partial charge in [0.1, 0.15) is 12.0 Å². The summed E-state index contributed by atoms with van der Waals surface area (Å²) in [5.74, 6) is 0. The van der Waals surface area contributed by atoms with Crippen LogP contribution in [0.5, 0.6) is 0 Å². The molecule has 0 saturated heterocycles. The van der Waals surface area contributed by atoms with E-state index in [9.17, 15) is 0 Å². The molecular formula is C10H9BrN2O. The number of hydrogen-bond donors (Lipinski definition) is 0. The van der Waals surface area contributed by atoms with Crippen molar-refractivity contribution in [3.05, 3.63) is 41.2 Å². The molecule has 1 aromatic carbocycles. The van der Waals surface area contributed by atoms with Gasteiger partial charge in [-0.2, -0.15) is 0 Å². The van der Waals surface area contributed by atoms with Crippen LogP contribution in [-0.2, 0) is 0 Å². The van der Waals surface area contributed by atoms with E-state index in [0.29, 0.717) is 0 Å². The van der Waals surface area contributed by atoms with Crippen molar-refractivity contribution in [2.75, 3.05) is 11.9 Å². The summed E-state index contributed by atoms with van der Waals surface area (Å²) in [5, 5.41) is 3.66. The van der Waals surface area contributed by atoms with E-state index in [0.717, 1.165) is 15.8 Å². The van der Waals surface area contributed by atoms with Crippen molar-refractivity contribution in [3.8, 4) is 0 Å². The van der Waals surface area contributed by atoms with Crippen molar-refractivity contribution in [3.63, 3.8) is 0 Å². The lowest BCUT2D eigenvalue weighted by atomic mass is 10.3. The fourth-order valence-corrected chi connectivity index (χ4v) is 1.44. The average Bonchev–Trinajstić information content (AvgIpc) is 2.71. The molecule has 2 aromatic rings. The maximum atomic E-state index is 4.78. The molecule has 72 valence electrons. The second kappa shape index (κ2) is 3.84. The molecule has 0 aliphatic carbocycles. The van der Waals surface area contributed by atoms with Gasteiger partial charge in [-0.1, -0.05) is 21.1 Å². The number of rotatable bonds is 2. The number of halogens is 1. The predicted molar refractivity (Wildman–Crippen MR) is 58.7 cm³/mol. The van der Waals surface area contributed by atoms with Crippen LogP contribution >= 0.6 is 15.9 Å². The van der Waals surface area contributed by atoms with Crippen LogP contribution in [0.25, 0.3) is 0 Å². The smallest absolute Gasteiger partial charge is 0.147 e. The van der Waals surface area contributed by atoms with Crippen LogP contribution in [0.2, 0.25) is 0 Å². The Morgan fingerprint density at radius 2 is 1.93 bits per heavy atom. The Bertz CT molecular complexity index is 397. The highest BCUT2D eigenvalue weighted by Gasteiger charge is 2.04. The van der Waals surface area contributed by atoms with Gasteiger partial charge < -0.3 is 9.42 Å². The van der Waals surface area contributed by atoms with Gasteiger partial charge in [0.05, 0.1) is 6.20 Å². The number of hydrogen-bond acceptors (Lipinski definition) is 3. The molecule has 0 fully saturated rings. The van der Waals surface area contributed by atoms with Gasteiger partial charge in [-0.15, -0.1) is 0 Å². The van der Waals surface area contributed by atoms with E-state index in [2.05, 4.69) is 21.1 Å². The zero-order valence-electron chi connectivity index (χ0n) is 7.64. The maximum Gasteiger partial charge on any atom is 0.147 e. The fraction of sp³-hybridized carbons (Fsp3) is 0.100. The van der Waals surface area contributed by atoms with Crippen molar-refractivity contribution in [1.29, 1.82) is 0 Å². The Morgan fingerprint density at radius 1 is 1.21 bits per heavy atom. The number of nitrogens with zero attached hydrogens (tertiary/aromatic N) is 2. The van der Waals surface area contributed by atoms with E-state index in [-0.39, 0.29) is 0 Å². The Balaban J connectivity index is 2.28. The predicted octanol–water partition coefficient (Wildman–Crippen LogP) is 3.21. The van der Waals surface area contributed by atoms with Crippen LogP contribution in [0, 0.1) is 0 Å². The first-order chi connectivity index (χ1) is 6.77.